The third-order valence-corrected chi connectivity index (χ3v) is 2.25. The molecule has 0 spiro atoms. The fraction of sp³-hybridized carbons (Fsp3) is 0.333. The maximum Gasteiger partial charge on any atom is 0.119 e. The molecule has 92 valence electrons. The summed E-state index contributed by atoms with van der Waals surface area (Å²) in [7, 11) is 0. The minimum absolute atomic E-state index is 0.359. The van der Waals surface area contributed by atoms with Crippen molar-refractivity contribution in [1.29, 1.82) is 0 Å². The van der Waals surface area contributed by atoms with E-state index in [9.17, 15) is 19.8 Å². The minimum atomic E-state index is -1.43. The van der Waals surface area contributed by atoms with E-state index >= 15 is 0 Å². The van der Waals surface area contributed by atoms with Gasteiger partial charge in [0.25, 0.3) is 0 Å². The zero-order valence-corrected chi connectivity index (χ0v) is 9.34. The molecular weight excluding hydrogens is 224 g/mol. The Hall–Kier alpha value is -2.04. The van der Waals surface area contributed by atoms with Crippen molar-refractivity contribution in [3.8, 4) is 5.75 Å². The zero-order valence-electron chi connectivity index (χ0n) is 9.34. The fourth-order valence-electron chi connectivity index (χ4n) is 1.47. The van der Waals surface area contributed by atoms with Crippen LogP contribution in [0.2, 0.25) is 0 Å². The molecular formula is C12H12O5-2. The van der Waals surface area contributed by atoms with Gasteiger partial charge in [-0.3, -0.25) is 0 Å². The lowest BCUT2D eigenvalue weighted by molar-refractivity contribution is -0.317. The summed E-state index contributed by atoms with van der Waals surface area (Å²) in [6, 6.07) is 6.19. The van der Waals surface area contributed by atoms with Crippen LogP contribution in [0.4, 0.5) is 0 Å². The summed E-state index contributed by atoms with van der Waals surface area (Å²) in [5.74, 6) is -3.45. The highest BCUT2D eigenvalue weighted by Gasteiger charge is 2.13. The third kappa shape index (κ3) is 3.79. The number of hydrogen-bond acceptors (Lipinski definition) is 5. The van der Waals surface area contributed by atoms with Crippen LogP contribution in [0.25, 0.3) is 0 Å². The molecule has 1 atom stereocenters. The quantitative estimate of drug-likeness (QED) is 0.635. The van der Waals surface area contributed by atoms with Crippen LogP contribution in [0.1, 0.15) is 24.8 Å². The molecule has 0 saturated heterocycles. The number of aliphatic carboxylic acids is 2. The van der Waals surface area contributed by atoms with Gasteiger partial charge >= 0.3 is 0 Å². The molecule has 0 bridgehead atoms. The van der Waals surface area contributed by atoms with E-state index in [1.807, 2.05) is 6.92 Å². The first-order valence-corrected chi connectivity index (χ1v) is 5.18. The Kier molecular flexibility index (Phi) is 4.51. The van der Waals surface area contributed by atoms with Gasteiger partial charge in [-0.25, -0.2) is 0 Å². The molecule has 0 aromatic heterocycles. The van der Waals surface area contributed by atoms with Crippen molar-refractivity contribution in [3.63, 3.8) is 0 Å². The largest absolute Gasteiger partial charge is 0.550 e. The Morgan fingerprint density at radius 2 is 1.82 bits per heavy atom. The Bertz CT molecular complexity index is 396. The predicted molar refractivity (Wildman–Crippen MR) is 55.0 cm³/mol. The van der Waals surface area contributed by atoms with Gasteiger partial charge in [-0.2, -0.15) is 0 Å². The Morgan fingerprint density at radius 1 is 1.24 bits per heavy atom. The van der Waals surface area contributed by atoms with Gasteiger partial charge < -0.3 is 24.5 Å². The van der Waals surface area contributed by atoms with Gasteiger partial charge in [0.1, 0.15) is 5.75 Å². The molecule has 0 aliphatic carbocycles. The van der Waals surface area contributed by atoms with Crippen LogP contribution in [0.5, 0.6) is 5.75 Å². The van der Waals surface area contributed by atoms with Gasteiger partial charge in [-0.1, -0.05) is 12.1 Å². The molecule has 1 aromatic rings. The lowest BCUT2D eigenvalue weighted by Crippen LogP contribution is -2.34. The average molecular weight is 236 g/mol. The first-order valence-electron chi connectivity index (χ1n) is 5.18. The van der Waals surface area contributed by atoms with E-state index in [1.165, 1.54) is 12.1 Å². The van der Waals surface area contributed by atoms with Crippen molar-refractivity contribution in [2.24, 2.45) is 0 Å². The lowest BCUT2D eigenvalue weighted by atomic mass is 9.96. The van der Waals surface area contributed by atoms with Crippen molar-refractivity contribution < 1.29 is 24.5 Å². The molecule has 0 aliphatic rings. The highest BCUT2D eigenvalue weighted by Crippen LogP contribution is 2.21. The van der Waals surface area contributed by atoms with Gasteiger partial charge in [0.05, 0.1) is 6.61 Å². The van der Waals surface area contributed by atoms with Gasteiger partial charge in [-0.05, 0) is 31.0 Å². The van der Waals surface area contributed by atoms with Crippen LogP contribution in [-0.2, 0) is 9.59 Å². The lowest BCUT2D eigenvalue weighted by Gasteiger charge is -2.19. The summed E-state index contributed by atoms with van der Waals surface area (Å²) in [5, 5.41) is 21.2. The van der Waals surface area contributed by atoms with Crippen molar-refractivity contribution >= 4 is 11.9 Å². The normalized spacial score (nSPS) is 11.8. The number of ether oxygens (including phenoxy) is 1. The SMILES string of the molecule is CCOc1ccc([C@@H](CC(=O)[O-])C(=O)[O-])cc1. The fourth-order valence-corrected chi connectivity index (χ4v) is 1.47. The summed E-state index contributed by atoms with van der Waals surface area (Å²) in [4.78, 5) is 21.2. The second-order valence-electron chi connectivity index (χ2n) is 3.45. The predicted octanol–water partition coefficient (Wildman–Crippen LogP) is -0.941. The number of carbonyl (C=O) groups excluding carboxylic acids is 2. The molecule has 1 aromatic carbocycles. The van der Waals surface area contributed by atoms with Gasteiger partial charge in [-0.15, -0.1) is 0 Å². The molecule has 0 aliphatic heterocycles. The number of benzene rings is 1. The van der Waals surface area contributed by atoms with E-state index in [1.54, 1.807) is 12.1 Å². The molecule has 0 fully saturated rings. The average Bonchev–Trinajstić information content (AvgIpc) is 2.27. The Morgan fingerprint density at radius 3 is 2.24 bits per heavy atom. The van der Waals surface area contributed by atoms with Crippen LogP contribution in [-0.4, -0.2) is 18.5 Å². The van der Waals surface area contributed by atoms with E-state index in [2.05, 4.69) is 0 Å². The van der Waals surface area contributed by atoms with Crippen LogP contribution in [0.3, 0.4) is 0 Å². The van der Waals surface area contributed by atoms with Crippen molar-refractivity contribution in [1.82, 2.24) is 0 Å². The van der Waals surface area contributed by atoms with E-state index in [0.29, 0.717) is 17.9 Å². The second-order valence-corrected chi connectivity index (χ2v) is 3.45. The van der Waals surface area contributed by atoms with E-state index in [4.69, 9.17) is 4.74 Å². The standard InChI is InChI=1S/C12H14O5/c1-2-17-9-5-3-8(4-6-9)10(12(15)16)7-11(13)14/h3-6,10H,2,7H2,1H3,(H,13,14)(H,15,16)/p-2/t10-/m1/s1. The van der Waals surface area contributed by atoms with Gasteiger partial charge in [0.2, 0.25) is 0 Å². The highest BCUT2D eigenvalue weighted by molar-refractivity contribution is 5.80. The van der Waals surface area contributed by atoms with Crippen LogP contribution < -0.4 is 14.9 Å². The summed E-state index contributed by atoms with van der Waals surface area (Å²) in [5.41, 5.74) is 0.359. The van der Waals surface area contributed by atoms with Crippen molar-refractivity contribution in [3.05, 3.63) is 29.8 Å². The maximum atomic E-state index is 10.8. The van der Waals surface area contributed by atoms with Gasteiger partial charge in [0.15, 0.2) is 0 Å². The monoisotopic (exact) mass is 236 g/mol. The molecule has 0 saturated carbocycles. The van der Waals surface area contributed by atoms with E-state index < -0.39 is 24.3 Å². The number of carboxylic acid groups (broad SMARTS) is 2. The minimum Gasteiger partial charge on any atom is -0.550 e. The molecule has 5 nitrogen and oxygen atoms in total. The molecule has 1 rings (SSSR count). The molecule has 5 heteroatoms. The first-order chi connectivity index (χ1) is 8.04. The summed E-state index contributed by atoms with van der Waals surface area (Å²) < 4.78 is 5.19. The Balaban J connectivity index is 2.87. The maximum absolute atomic E-state index is 10.8. The van der Waals surface area contributed by atoms with Crippen LogP contribution in [0, 0.1) is 0 Å². The molecule has 0 unspecified atom stereocenters. The van der Waals surface area contributed by atoms with Crippen molar-refractivity contribution in [2.45, 2.75) is 19.3 Å². The number of rotatable bonds is 6. The van der Waals surface area contributed by atoms with Crippen LogP contribution >= 0.6 is 0 Å². The molecule has 0 radical (unpaired) electrons. The molecule has 0 N–H and O–H groups in total. The Labute approximate surface area is 98.6 Å². The number of hydrogen-bond donors (Lipinski definition) is 0. The summed E-state index contributed by atoms with van der Waals surface area (Å²) in [6.45, 7) is 2.33. The highest BCUT2D eigenvalue weighted by atomic mass is 16.5. The summed E-state index contributed by atoms with van der Waals surface area (Å²) >= 11 is 0. The third-order valence-electron chi connectivity index (χ3n) is 2.25. The van der Waals surface area contributed by atoms with Crippen LogP contribution in [0.15, 0.2) is 24.3 Å². The van der Waals surface area contributed by atoms with Crippen molar-refractivity contribution in [2.75, 3.05) is 6.61 Å². The topological polar surface area (TPSA) is 89.5 Å². The van der Waals surface area contributed by atoms with Gasteiger partial charge in [0, 0.05) is 17.9 Å². The summed E-state index contributed by atoms with van der Waals surface area (Å²) in [6.07, 6.45) is -0.601. The number of carboxylic acids is 2. The molecule has 0 heterocycles. The first kappa shape index (κ1) is 13.0. The van der Waals surface area contributed by atoms with E-state index in [0.717, 1.165) is 0 Å². The zero-order chi connectivity index (χ0) is 12.8. The smallest absolute Gasteiger partial charge is 0.119 e. The molecule has 0 amide bonds. The number of carbonyl (C=O) groups is 2. The second kappa shape index (κ2) is 5.89. The van der Waals surface area contributed by atoms with E-state index in [-0.39, 0.29) is 0 Å². The molecule has 17 heavy (non-hydrogen) atoms.